The molecule has 0 spiro atoms. The van der Waals surface area contributed by atoms with Crippen LogP contribution >= 0.6 is 22.9 Å². The standard InChI is InChI=1S/C13H13ClN4O2S/c1-16-12(20)7-2-3-9(14)10(4-7)18-11(19)5-8-6-21-13(15)17-8/h2-4,6H,5H2,1H3,(H2,15,17)(H,16,20)(H,18,19). The summed E-state index contributed by atoms with van der Waals surface area (Å²) in [4.78, 5) is 27.5. The molecule has 0 saturated heterocycles. The first kappa shape index (κ1) is 15.3. The lowest BCUT2D eigenvalue weighted by atomic mass is 10.2. The van der Waals surface area contributed by atoms with E-state index in [2.05, 4.69) is 15.6 Å². The first-order chi connectivity index (χ1) is 9.99. The first-order valence-electron chi connectivity index (χ1n) is 6.01. The van der Waals surface area contributed by atoms with Crippen LogP contribution < -0.4 is 16.4 Å². The Bertz CT molecular complexity index is 687. The monoisotopic (exact) mass is 324 g/mol. The van der Waals surface area contributed by atoms with E-state index in [1.807, 2.05) is 0 Å². The average molecular weight is 325 g/mol. The van der Waals surface area contributed by atoms with Crippen LogP contribution in [-0.2, 0) is 11.2 Å². The molecule has 0 unspecified atom stereocenters. The number of nitrogens with zero attached hydrogens (tertiary/aromatic N) is 1. The van der Waals surface area contributed by atoms with Crippen molar-refractivity contribution in [1.29, 1.82) is 0 Å². The van der Waals surface area contributed by atoms with Gasteiger partial charge >= 0.3 is 0 Å². The highest BCUT2D eigenvalue weighted by molar-refractivity contribution is 7.13. The number of amides is 2. The van der Waals surface area contributed by atoms with E-state index >= 15 is 0 Å². The zero-order valence-electron chi connectivity index (χ0n) is 11.1. The van der Waals surface area contributed by atoms with Crippen LogP contribution in [0.5, 0.6) is 0 Å². The van der Waals surface area contributed by atoms with Gasteiger partial charge in [0, 0.05) is 18.0 Å². The van der Waals surface area contributed by atoms with Crippen molar-refractivity contribution in [3.63, 3.8) is 0 Å². The molecule has 0 aliphatic rings. The number of thiazole rings is 1. The molecule has 21 heavy (non-hydrogen) atoms. The van der Waals surface area contributed by atoms with Crippen LogP contribution in [0.2, 0.25) is 5.02 Å². The van der Waals surface area contributed by atoms with Gasteiger partial charge in [-0.3, -0.25) is 9.59 Å². The third-order valence-corrected chi connectivity index (χ3v) is 3.69. The van der Waals surface area contributed by atoms with E-state index in [1.165, 1.54) is 24.5 Å². The van der Waals surface area contributed by atoms with E-state index in [0.717, 1.165) is 0 Å². The van der Waals surface area contributed by atoms with Crippen molar-refractivity contribution < 1.29 is 9.59 Å². The summed E-state index contributed by atoms with van der Waals surface area (Å²) < 4.78 is 0. The number of carbonyl (C=O) groups excluding carboxylic acids is 2. The van der Waals surface area contributed by atoms with E-state index in [1.54, 1.807) is 17.5 Å². The molecule has 1 aromatic heterocycles. The van der Waals surface area contributed by atoms with Crippen LogP contribution in [0.15, 0.2) is 23.6 Å². The molecule has 8 heteroatoms. The fourth-order valence-electron chi connectivity index (χ4n) is 1.67. The summed E-state index contributed by atoms with van der Waals surface area (Å²) >= 11 is 7.29. The van der Waals surface area contributed by atoms with Crippen LogP contribution in [0, 0.1) is 0 Å². The Kier molecular flexibility index (Phi) is 4.77. The highest BCUT2D eigenvalue weighted by atomic mass is 35.5. The molecule has 2 aromatic rings. The van der Waals surface area contributed by atoms with Crippen molar-refractivity contribution in [3.8, 4) is 0 Å². The van der Waals surface area contributed by atoms with Crippen molar-refractivity contribution in [2.24, 2.45) is 0 Å². The summed E-state index contributed by atoms with van der Waals surface area (Å²) in [6.45, 7) is 0. The fraction of sp³-hybridized carbons (Fsp3) is 0.154. The number of hydrogen-bond donors (Lipinski definition) is 3. The minimum absolute atomic E-state index is 0.0915. The molecule has 0 atom stereocenters. The van der Waals surface area contributed by atoms with Gasteiger partial charge in [0.15, 0.2) is 5.13 Å². The number of nitrogens with two attached hydrogens (primary N) is 1. The Morgan fingerprint density at radius 1 is 1.43 bits per heavy atom. The molecule has 0 bridgehead atoms. The highest BCUT2D eigenvalue weighted by Gasteiger charge is 2.11. The van der Waals surface area contributed by atoms with E-state index in [-0.39, 0.29) is 18.2 Å². The molecular weight excluding hydrogens is 312 g/mol. The minimum atomic E-state index is -0.281. The van der Waals surface area contributed by atoms with Gasteiger partial charge in [-0.05, 0) is 18.2 Å². The molecule has 0 aliphatic carbocycles. The highest BCUT2D eigenvalue weighted by Crippen LogP contribution is 2.23. The summed E-state index contributed by atoms with van der Waals surface area (Å²) in [5.74, 6) is -0.536. The molecule has 6 nitrogen and oxygen atoms in total. The zero-order chi connectivity index (χ0) is 15.4. The van der Waals surface area contributed by atoms with Gasteiger partial charge in [-0.2, -0.15) is 0 Å². The summed E-state index contributed by atoms with van der Waals surface area (Å²) in [5.41, 5.74) is 6.89. The maximum absolute atomic E-state index is 11.9. The van der Waals surface area contributed by atoms with Gasteiger partial charge in [0.1, 0.15) is 0 Å². The van der Waals surface area contributed by atoms with Gasteiger partial charge in [0.2, 0.25) is 5.91 Å². The van der Waals surface area contributed by atoms with Crippen molar-refractivity contribution in [2.75, 3.05) is 18.1 Å². The predicted molar refractivity (Wildman–Crippen MR) is 83.7 cm³/mol. The van der Waals surface area contributed by atoms with E-state index < -0.39 is 0 Å². The van der Waals surface area contributed by atoms with Gasteiger partial charge in [-0.15, -0.1) is 11.3 Å². The molecule has 110 valence electrons. The second-order valence-electron chi connectivity index (χ2n) is 4.18. The summed E-state index contributed by atoms with van der Waals surface area (Å²) in [6, 6.07) is 4.66. The lowest BCUT2D eigenvalue weighted by Crippen LogP contribution is -2.19. The fourth-order valence-corrected chi connectivity index (χ4v) is 2.40. The number of carbonyl (C=O) groups is 2. The van der Waals surface area contributed by atoms with Crippen LogP contribution in [-0.4, -0.2) is 23.8 Å². The zero-order valence-corrected chi connectivity index (χ0v) is 12.7. The van der Waals surface area contributed by atoms with Crippen LogP contribution in [0.1, 0.15) is 16.1 Å². The molecule has 0 fully saturated rings. The average Bonchev–Trinajstić information content (AvgIpc) is 2.85. The number of halogens is 1. The SMILES string of the molecule is CNC(=O)c1ccc(Cl)c(NC(=O)Cc2csc(N)n2)c1. The number of benzene rings is 1. The molecule has 0 radical (unpaired) electrons. The van der Waals surface area contributed by atoms with Gasteiger partial charge in [0.05, 0.1) is 22.8 Å². The number of rotatable bonds is 4. The van der Waals surface area contributed by atoms with Crippen LogP contribution in [0.4, 0.5) is 10.8 Å². The normalized spacial score (nSPS) is 10.2. The Morgan fingerprint density at radius 2 is 2.19 bits per heavy atom. The lowest BCUT2D eigenvalue weighted by Gasteiger charge is -2.08. The van der Waals surface area contributed by atoms with Crippen molar-refractivity contribution in [3.05, 3.63) is 39.9 Å². The van der Waals surface area contributed by atoms with Crippen molar-refractivity contribution in [1.82, 2.24) is 10.3 Å². The van der Waals surface area contributed by atoms with E-state index in [0.29, 0.717) is 27.1 Å². The Hall–Kier alpha value is -2.12. The number of nitrogen functional groups attached to an aromatic ring is 1. The molecule has 4 N–H and O–H groups in total. The molecule has 0 saturated carbocycles. The van der Waals surface area contributed by atoms with E-state index in [9.17, 15) is 9.59 Å². The molecule has 1 aromatic carbocycles. The topological polar surface area (TPSA) is 97.1 Å². The Balaban J connectivity index is 2.11. The van der Waals surface area contributed by atoms with Crippen LogP contribution in [0.25, 0.3) is 0 Å². The smallest absolute Gasteiger partial charge is 0.251 e. The summed E-state index contributed by atoms with van der Waals surface area (Å²) in [7, 11) is 1.53. The number of hydrogen-bond acceptors (Lipinski definition) is 5. The quantitative estimate of drug-likeness (QED) is 0.800. The van der Waals surface area contributed by atoms with Gasteiger partial charge in [-0.1, -0.05) is 11.6 Å². The predicted octanol–water partition coefficient (Wildman–Crippen LogP) is 1.92. The summed E-state index contributed by atoms with van der Waals surface area (Å²) in [6.07, 6.45) is 0.0915. The van der Waals surface area contributed by atoms with Gasteiger partial charge < -0.3 is 16.4 Å². The van der Waals surface area contributed by atoms with Crippen molar-refractivity contribution in [2.45, 2.75) is 6.42 Å². The maximum atomic E-state index is 11.9. The maximum Gasteiger partial charge on any atom is 0.251 e. The summed E-state index contributed by atoms with van der Waals surface area (Å²) in [5, 5.41) is 7.66. The largest absolute Gasteiger partial charge is 0.375 e. The van der Waals surface area contributed by atoms with Gasteiger partial charge in [-0.25, -0.2) is 4.98 Å². The second kappa shape index (κ2) is 6.55. The van der Waals surface area contributed by atoms with E-state index in [4.69, 9.17) is 17.3 Å². The lowest BCUT2D eigenvalue weighted by molar-refractivity contribution is -0.115. The van der Waals surface area contributed by atoms with Crippen LogP contribution in [0.3, 0.4) is 0 Å². The molecular formula is C13H13ClN4O2S. The first-order valence-corrected chi connectivity index (χ1v) is 7.26. The number of aromatic nitrogens is 1. The number of anilines is 2. The second-order valence-corrected chi connectivity index (χ2v) is 5.47. The minimum Gasteiger partial charge on any atom is -0.375 e. The molecule has 1 heterocycles. The molecule has 2 amide bonds. The van der Waals surface area contributed by atoms with Gasteiger partial charge in [0.25, 0.3) is 5.91 Å². The molecule has 2 rings (SSSR count). The molecule has 0 aliphatic heterocycles. The number of nitrogens with one attached hydrogen (secondary N) is 2. The van der Waals surface area contributed by atoms with Crippen molar-refractivity contribution >= 4 is 45.6 Å². The Labute approximate surface area is 130 Å². The third kappa shape index (κ3) is 3.93. The Morgan fingerprint density at radius 3 is 2.81 bits per heavy atom. The third-order valence-electron chi connectivity index (χ3n) is 2.64.